The molecule has 0 saturated heterocycles. The van der Waals surface area contributed by atoms with Crippen LogP contribution in [0.15, 0.2) is 50.3 Å². The number of thioether (sulfide) groups is 1. The van der Waals surface area contributed by atoms with E-state index in [1.54, 1.807) is 44.5 Å². The van der Waals surface area contributed by atoms with E-state index in [1.165, 1.54) is 12.0 Å². The van der Waals surface area contributed by atoms with Crippen molar-refractivity contribution in [2.45, 2.75) is 25.4 Å². The monoisotopic (exact) mass is 446 g/mol. The van der Waals surface area contributed by atoms with Gasteiger partial charge in [0.15, 0.2) is 11.2 Å². The van der Waals surface area contributed by atoms with Crippen LogP contribution in [-0.2, 0) is 25.8 Å². The van der Waals surface area contributed by atoms with E-state index in [0.717, 1.165) is 11.3 Å². The zero-order valence-corrected chi connectivity index (χ0v) is 18.8. The van der Waals surface area contributed by atoms with Gasteiger partial charge in [-0.2, -0.15) is 5.10 Å². The van der Waals surface area contributed by atoms with Crippen molar-refractivity contribution in [3.63, 3.8) is 0 Å². The Hall–Kier alpha value is -3.05. The first-order chi connectivity index (χ1) is 15.1. The fourth-order valence-corrected chi connectivity index (χ4v) is 4.31. The molecule has 1 unspecified atom stereocenters. The van der Waals surface area contributed by atoms with Crippen LogP contribution in [0.5, 0.6) is 0 Å². The van der Waals surface area contributed by atoms with Crippen LogP contribution in [0.25, 0.3) is 0 Å². The van der Waals surface area contributed by atoms with E-state index in [9.17, 15) is 4.79 Å². The number of hydrogen-bond donors (Lipinski definition) is 1. The number of hydrazone groups is 1. The number of nitrogens with zero attached hydrogens (tertiary/aromatic N) is 5. The maximum atomic E-state index is 12.1. The van der Waals surface area contributed by atoms with Crippen LogP contribution in [0.4, 0.5) is 0 Å². The van der Waals surface area contributed by atoms with E-state index >= 15 is 0 Å². The number of carbonyl (C=O) groups excluding carboxylic acids is 1. The Kier molecular flexibility index (Phi) is 7.90. The number of methoxy groups -OCH3 is 1. The van der Waals surface area contributed by atoms with Crippen molar-refractivity contribution in [1.29, 1.82) is 0 Å². The predicted octanol–water partition coefficient (Wildman–Crippen LogP) is 2.10. The molecule has 1 aromatic rings. The van der Waals surface area contributed by atoms with E-state index in [1.807, 2.05) is 28.1 Å². The molecular weight excluding hydrogens is 420 g/mol. The second kappa shape index (κ2) is 10.8. The van der Waals surface area contributed by atoms with Gasteiger partial charge in [-0.25, -0.2) is 5.01 Å². The van der Waals surface area contributed by atoms with Gasteiger partial charge in [0.1, 0.15) is 26.8 Å². The lowest BCUT2D eigenvalue weighted by atomic mass is 10.0. The van der Waals surface area contributed by atoms with Crippen molar-refractivity contribution < 1.29 is 19.2 Å². The molecule has 0 aromatic heterocycles. The Balaban J connectivity index is 1.59. The van der Waals surface area contributed by atoms with Crippen molar-refractivity contribution in [3.8, 4) is 0 Å². The molecule has 0 radical (unpaired) electrons. The molecule has 3 rings (SSSR count). The van der Waals surface area contributed by atoms with Crippen molar-refractivity contribution in [2.75, 3.05) is 28.0 Å². The van der Waals surface area contributed by atoms with Crippen molar-refractivity contribution in [2.24, 2.45) is 15.4 Å². The lowest BCUT2D eigenvalue weighted by Gasteiger charge is -2.23. The van der Waals surface area contributed by atoms with Gasteiger partial charge in [0, 0.05) is 42.8 Å². The summed E-state index contributed by atoms with van der Waals surface area (Å²) in [5, 5.41) is 16.9. The summed E-state index contributed by atoms with van der Waals surface area (Å²) >= 11 is 1.73. The molecule has 166 valence electrons. The van der Waals surface area contributed by atoms with E-state index in [-0.39, 0.29) is 23.7 Å². The van der Waals surface area contributed by atoms with Gasteiger partial charge in [0.05, 0.1) is 5.70 Å². The van der Waals surface area contributed by atoms with Crippen LogP contribution in [0.1, 0.15) is 24.5 Å². The molecule has 1 aromatic carbocycles. The van der Waals surface area contributed by atoms with Gasteiger partial charge in [-0.3, -0.25) is 4.79 Å². The van der Waals surface area contributed by atoms with Crippen LogP contribution in [0.2, 0.25) is 0 Å². The van der Waals surface area contributed by atoms with Crippen molar-refractivity contribution >= 4 is 35.9 Å². The molecule has 2 aliphatic rings. The summed E-state index contributed by atoms with van der Waals surface area (Å²) in [6.45, 7) is 2.74. The fourth-order valence-electron chi connectivity index (χ4n) is 3.15. The molecule has 2 aliphatic heterocycles. The first-order valence-corrected chi connectivity index (χ1v) is 10.5. The Morgan fingerprint density at radius 3 is 2.90 bits per heavy atom. The Labute approximate surface area is 185 Å². The molecule has 1 N–H and O–H groups in total. The Morgan fingerprint density at radius 1 is 1.35 bits per heavy atom. The number of rotatable bonds is 10. The first-order valence-electron chi connectivity index (χ1n) is 9.60. The standard InChI is InChI=1S/C20H26N6O4S/c1-14-17(26-20(31-14)25(12-22-26)13-28-3)9-10-23-30-11-15-7-5-6-8-16(15)18(24-29-4)19(27)21-2/h5-8,10,12,20H,9,11,13H2,1-4H3,(H,21,27). The van der Waals surface area contributed by atoms with E-state index in [2.05, 4.69) is 27.7 Å². The zero-order chi connectivity index (χ0) is 22.2. The van der Waals surface area contributed by atoms with Crippen LogP contribution in [0.3, 0.4) is 0 Å². The number of benzene rings is 1. The average molecular weight is 447 g/mol. The average Bonchev–Trinajstić information content (AvgIpc) is 3.30. The highest BCUT2D eigenvalue weighted by Gasteiger charge is 2.37. The Morgan fingerprint density at radius 2 is 2.16 bits per heavy atom. The molecule has 0 saturated carbocycles. The zero-order valence-electron chi connectivity index (χ0n) is 17.9. The molecule has 1 atom stereocenters. The third kappa shape index (κ3) is 5.17. The summed E-state index contributed by atoms with van der Waals surface area (Å²) in [5.74, 6) is -0.345. The number of amides is 1. The summed E-state index contributed by atoms with van der Waals surface area (Å²) in [7, 11) is 4.60. The lowest BCUT2D eigenvalue weighted by Crippen LogP contribution is -2.34. The number of likely N-dealkylation sites (N-methyl/N-ethyl adjacent to an activating group) is 1. The number of fused-ring (bicyclic) bond motifs is 1. The van der Waals surface area contributed by atoms with Crippen LogP contribution in [0, 0.1) is 0 Å². The number of oxime groups is 2. The van der Waals surface area contributed by atoms with Gasteiger partial charge < -0.3 is 24.6 Å². The third-order valence-corrected chi connectivity index (χ3v) is 5.88. The molecule has 31 heavy (non-hydrogen) atoms. The predicted molar refractivity (Wildman–Crippen MR) is 120 cm³/mol. The summed E-state index contributed by atoms with van der Waals surface area (Å²) in [5.41, 5.74) is 2.73. The molecule has 1 amide bonds. The van der Waals surface area contributed by atoms with E-state index in [0.29, 0.717) is 18.7 Å². The number of ether oxygens (including phenoxy) is 1. The summed E-state index contributed by atoms with van der Waals surface area (Å²) in [4.78, 5) is 25.7. The first kappa shape index (κ1) is 22.6. The lowest BCUT2D eigenvalue weighted by molar-refractivity contribution is -0.114. The van der Waals surface area contributed by atoms with Gasteiger partial charge in [0.2, 0.25) is 0 Å². The summed E-state index contributed by atoms with van der Waals surface area (Å²) in [6.07, 6.45) is 4.08. The van der Waals surface area contributed by atoms with E-state index in [4.69, 9.17) is 14.4 Å². The minimum Gasteiger partial charge on any atom is -0.398 e. The van der Waals surface area contributed by atoms with Gasteiger partial charge in [0.25, 0.3) is 5.91 Å². The van der Waals surface area contributed by atoms with E-state index < -0.39 is 0 Å². The minimum absolute atomic E-state index is 0.0827. The SMILES string of the molecule is CNC(=O)C(=NOC)c1ccccc1CON=CCC1=C(C)SC2N(COC)C=NN12. The minimum atomic E-state index is -0.345. The third-order valence-electron chi connectivity index (χ3n) is 4.61. The van der Waals surface area contributed by atoms with Crippen LogP contribution >= 0.6 is 11.8 Å². The fraction of sp³-hybridized carbons (Fsp3) is 0.400. The topological polar surface area (TPSA) is 100 Å². The molecule has 11 heteroatoms. The largest absolute Gasteiger partial charge is 0.398 e. The highest BCUT2D eigenvalue weighted by molar-refractivity contribution is 8.03. The van der Waals surface area contributed by atoms with Crippen molar-refractivity contribution in [3.05, 3.63) is 46.0 Å². The number of nitrogens with one attached hydrogen (secondary N) is 1. The van der Waals surface area contributed by atoms with Crippen molar-refractivity contribution in [1.82, 2.24) is 15.2 Å². The van der Waals surface area contributed by atoms with Crippen LogP contribution in [-0.4, -0.2) is 67.6 Å². The molecule has 0 bridgehead atoms. The van der Waals surface area contributed by atoms with Crippen LogP contribution < -0.4 is 5.32 Å². The normalized spacial score (nSPS) is 18.2. The summed E-state index contributed by atoms with van der Waals surface area (Å²) < 4.78 is 5.21. The quantitative estimate of drug-likeness (QED) is 0.434. The molecular formula is C20H26N6O4S. The second-order valence-corrected chi connectivity index (χ2v) is 7.85. The number of carbonyl (C=O) groups is 1. The smallest absolute Gasteiger partial charge is 0.273 e. The molecule has 0 spiro atoms. The number of allylic oxidation sites excluding steroid dienone is 2. The van der Waals surface area contributed by atoms with Gasteiger partial charge in [-0.05, 0) is 6.92 Å². The Bertz CT molecular complexity index is 917. The highest BCUT2D eigenvalue weighted by Crippen LogP contribution is 2.42. The van der Waals surface area contributed by atoms with Gasteiger partial charge in [-0.15, -0.1) is 0 Å². The van der Waals surface area contributed by atoms with Gasteiger partial charge in [-0.1, -0.05) is 46.3 Å². The number of hydrogen-bond acceptors (Lipinski definition) is 10. The molecule has 0 aliphatic carbocycles. The second-order valence-electron chi connectivity index (χ2n) is 6.58. The van der Waals surface area contributed by atoms with Gasteiger partial charge >= 0.3 is 0 Å². The highest BCUT2D eigenvalue weighted by atomic mass is 32.2. The molecule has 10 nitrogen and oxygen atoms in total. The molecule has 2 heterocycles. The maximum absolute atomic E-state index is 12.1. The maximum Gasteiger partial charge on any atom is 0.273 e. The molecule has 0 fully saturated rings. The summed E-state index contributed by atoms with van der Waals surface area (Å²) in [6, 6.07) is 7.33.